The number of nitro benzene ring substituents is 2. The summed E-state index contributed by atoms with van der Waals surface area (Å²) in [5.74, 6) is 0. The summed E-state index contributed by atoms with van der Waals surface area (Å²) in [5, 5.41) is 22.8. The molecule has 0 spiro atoms. The molecule has 1 rings (SSSR count). The Labute approximate surface area is 142 Å². The number of alkyl halides is 3. The van der Waals surface area contributed by atoms with Crippen LogP contribution in [-0.2, 0) is 6.18 Å². The van der Waals surface area contributed by atoms with Gasteiger partial charge in [-0.3, -0.25) is 20.2 Å². The molecule has 0 amide bonds. The van der Waals surface area contributed by atoms with Crippen LogP contribution in [0.3, 0.4) is 0 Å². The average molecular weight is 363 g/mol. The van der Waals surface area contributed by atoms with Gasteiger partial charge < -0.3 is 4.90 Å². The van der Waals surface area contributed by atoms with Gasteiger partial charge in [0.05, 0.1) is 15.4 Å². The van der Waals surface area contributed by atoms with Gasteiger partial charge in [-0.05, 0) is 26.7 Å². The van der Waals surface area contributed by atoms with E-state index in [-0.39, 0.29) is 17.8 Å². The lowest BCUT2D eigenvalue weighted by atomic mass is 10.0. The number of benzene rings is 1. The lowest BCUT2D eigenvalue weighted by Gasteiger charge is -2.35. The summed E-state index contributed by atoms with van der Waals surface area (Å²) in [5.41, 5.74) is -3.63. The SMILES string of the molecule is CCC(C)N(c1c([N+](=O)[O-])cc(C(F)(F)F)cc1[N+](=O)[O-])C(C)CC. The van der Waals surface area contributed by atoms with Crippen LogP contribution in [0.2, 0.25) is 0 Å². The van der Waals surface area contributed by atoms with Crippen molar-refractivity contribution < 1.29 is 23.0 Å². The number of rotatable bonds is 7. The standard InChI is InChI=1S/C15H20F3N3O4/c1-5-9(3)19(10(4)6-2)14-12(20(22)23)7-11(15(16,17)18)8-13(14)21(24)25/h7-10H,5-6H2,1-4H3. The number of anilines is 1. The van der Waals surface area contributed by atoms with Gasteiger partial charge >= 0.3 is 6.18 Å². The largest absolute Gasteiger partial charge is 0.416 e. The zero-order valence-corrected chi connectivity index (χ0v) is 14.3. The van der Waals surface area contributed by atoms with Crippen LogP contribution in [0.25, 0.3) is 0 Å². The maximum Gasteiger partial charge on any atom is 0.416 e. The smallest absolute Gasteiger partial charge is 0.355 e. The predicted octanol–water partition coefficient (Wildman–Crippen LogP) is 4.93. The third-order valence-corrected chi connectivity index (χ3v) is 4.18. The molecule has 25 heavy (non-hydrogen) atoms. The highest BCUT2D eigenvalue weighted by Gasteiger charge is 2.40. The van der Waals surface area contributed by atoms with Crippen LogP contribution in [0.4, 0.5) is 30.2 Å². The van der Waals surface area contributed by atoms with Gasteiger partial charge in [0.1, 0.15) is 0 Å². The summed E-state index contributed by atoms with van der Waals surface area (Å²) in [6.07, 6.45) is -3.90. The Hall–Kier alpha value is -2.39. The summed E-state index contributed by atoms with van der Waals surface area (Å²) in [7, 11) is 0. The second kappa shape index (κ2) is 7.66. The first-order valence-corrected chi connectivity index (χ1v) is 7.77. The van der Waals surface area contributed by atoms with Crippen LogP contribution in [0.15, 0.2) is 12.1 Å². The molecule has 0 radical (unpaired) electrons. The molecule has 10 heteroatoms. The Morgan fingerprint density at radius 3 is 1.60 bits per heavy atom. The van der Waals surface area contributed by atoms with E-state index >= 15 is 0 Å². The zero-order valence-electron chi connectivity index (χ0n) is 14.3. The maximum absolute atomic E-state index is 13.0. The fourth-order valence-electron chi connectivity index (χ4n) is 2.58. The van der Waals surface area contributed by atoms with Crippen molar-refractivity contribution in [3.8, 4) is 0 Å². The molecule has 2 atom stereocenters. The van der Waals surface area contributed by atoms with E-state index in [1.165, 1.54) is 4.90 Å². The lowest BCUT2D eigenvalue weighted by Crippen LogP contribution is -2.40. The molecule has 0 heterocycles. The Morgan fingerprint density at radius 1 is 1.00 bits per heavy atom. The first-order valence-electron chi connectivity index (χ1n) is 7.77. The number of halogens is 3. The molecule has 0 fully saturated rings. The lowest BCUT2D eigenvalue weighted by molar-refractivity contribution is -0.393. The molecule has 7 nitrogen and oxygen atoms in total. The quantitative estimate of drug-likeness (QED) is 0.506. The molecule has 0 aliphatic heterocycles. The van der Waals surface area contributed by atoms with Crippen molar-refractivity contribution in [3.63, 3.8) is 0 Å². The van der Waals surface area contributed by atoms with Gasteiger partial charge in [-0.15, -0.1) is 0 Å². The number of nitro groups is 2. The van der Waals surface area contributed by atoms with E-state index in [0.717, 1.165) is 0 Å². The molecule has 0 saturated carbocycles. The average Bonchev–Trinajstić information content (AvgIpc) is 2.52. The van der Waals surface area contributed by atoms with Crippen molar-refractivity contribution in [3.05, 3.63) is 37.9 Å². The summed E-state index contributed by atoms with van der Waals surface area (Å²) >= 11 is 0. The van der Waals surface area contributed by atoms with E-state index in [4.69, 9.17) is 0 Å². The Kier molecular flexibility index (Phi) is 6.33. The molecule has 0 saturated heterocycles. The third-order valence-electron chi connectivity index (χ3n) is 4.18. The number of nitrogens with zero attached hydrogens (tertiary/aromatic N) is 3. The second-order valence-electron chi connectivity index (χ2n) is 5.80. The predicted molar refractivity (Wildman–Crippen MR) is 86.7 cm³/mol. The molecule has 2 unspecified atom stereocenters. The summed E-state index contributed by atoms with van der Waals surface area (Å²) < 4.78 is 39.0. The van der Waals surface area contributed by atoms with Gasteiger partial charge in [-0.2, -0.15) is 13.2 Å². The fourth-order valence-corrected chi connectivity index (χ4v) is 2.58. The Bertz CT molecular complexity index is 619. The molecular formula is C15H20F3N3O4. The second-order valence-corrected chi connectivity index (χ2v) is 5.80. The van der Waals surface area contributed by atoms with E-state index in [1.807, 2.05) is 0 Å². The first-order chi connectivity index (χ1) is 11.4. The Morgan fingerprint density at radius 2 is 1.36 bits per heavy atom. The highest BCUT2D eigenvalue weighted by Crippen LogP contribution is 2.44. The van der Waals surface area contributed by atoms with E-state index in [9.17, 15) is 33.4 Å². The zero-order chi connectivity index (χ0) is 19.5. The minimum atomic E-state index is -4.92. The summed E-state index contributed by atoms with van der Waals surface area (Å²) in [6.45, 7) is 7.03. The van der Waals surface area contributed by atoms with Gasteiger partial charge in [0, 0.05) is 24.2 Å². The fraction of sp³-hybridized carbons (Fsp3) is 0.600. The highest BCUT2D eigenvalue weighted by molar-refractivity contribution is 5.77. The molecule has 0 aliphatic carbocycles. The summed E-state index contributed by atoms with van der Waals surface area (Å²) in [6, 6.07) is 0.0633. The van der Waals surface area contributed by atoms with Crippen LogP contribution in [0.1, 0.15) is 46.1 Å². The molecule has 1 aromatic carbocycles. The van der Waals surface area contributed by atoms with Crippen LogP contribution in [0.5, 0.6) is 0 Å². The third kappa shape index (κ3) is 4.37. The maximum atomic E-state index is 13.0. The van der Waals surface area contributed by atoms with Gasteiger partial charge in [-0.25, -0.2) is 0 Å². The van der Waals surface area contributed by atoms with Crippen molar-refractivity contribution in [2.45, 2.75) is 58.8 Å². The molecule has 0 N–H and O–H groups in total. The van der Waals surface area contributed by atoms with E-state index in [2.05, 4.69) is 0 Å². The highest BCUT2D eigenvalue weighted by atomic mass is 19.4. The minimum Gasteiger partial charge on any atom is -0.355 e. The minimum absolute atomic E-state index is 0.330. The van der Waals surface area contributed by atoms with E-state index in [0.29, 0.717) is 25.0 Å². The monoisotopic (exact) mass is 363 g/mol. The van der Waals surface area contributed by atoms with Crippen molar-refractivity contribution in [2.75, 3.05) is 4.90 Å². The molecule has 1 aromatic rings. The van der Waals surface area contributed by atoms with Gasteiger partial charge in [-0.1, -0.05) is 13.8 Å². The van der Waals surface area contributed by atoms with Crippen LogP contribution < -0.4 is 4.90 Å². The van der Waals surface area contributed by atoms with Crippen molar-refractivity contribution in [1.29, 1.82) is 0 Å². The van der Waals surface area contributed by atoms with Crippen molar-refractivity contribution in [1.82, 2.24) is 0 Å². The van der Waals surface area contributed by atoms with E-state index < -0.39 is 33.0 Å². The summed E-state index contributed by atoms with van der Waals surface area (Å²) in [4.78, 5) is 22.2. The van der Waals surface area contributed by atoms with Crippen molar-refractivity contribution >= 4 is 17.1 Å². The Balaban J connectivity index is 3.87. The topological polar surface area (TPSA) is 89.5 Å². The molecule has 0 bridgehead atoms. The first kappa shape index (κ1) is 20.7. The molecule has 140 valence electrons. The van der Waals surface area contributed by atoms with E-state index in [1.54, 1.807) is 27.7 Å². The molecule has 0 aliphatic rings. The normalized spacial score (nSPS) is 14.0. The number of hydrogen-bond acceptors (Lipinski definition) is 5. The van der Waals surface area contributed by atoms with Crippen molar-refractivity contribution in [2.24, 2.45) is 0 Å². The molecule has 0 aromatic heterocycles. The van der Waals surface area contributed by atoms with Gasteiger partial charge in [0.2, 0.25) is 0 Å². The molecular weight excluding hydrogens is 343 g/mol. The number of hydrogen-bond donors (Lipinski definition) is 0. The van der Waals surface area contributed by atoms with Crippen LogP contribution >= 0.6 is 0 Å². The van der Waals surface area contributed by atoms with Crippen LogP contribution in [-0.4, -0.2) is 21.9 Å². The van der Waals surface area contributed by atoms with Gasteiger partial charge in [0.15, 0.2) is 5.69 Å². The van der Waals surface area contributed by atoms with Gasteiger partial charge in [0.25, 0.3) is 11.4 Å². The van der Waals surface area contributed by atoms with Crippen LogP contribution in [0, 0.1) is 20.2 Å².